The van der Waals surface area contributed by atoms with E-state index < -0.39 is 5.91 Å². The van der Waals surface area contributed by atoms with Crippen molar-refractivity contribution in [1.82, 2.24) is 4.98 Å². The second-order valence-corrected chi connectivity index (χ2v) is 6.54. The van der Waals surface area contributed by atoms with E-state index in [2.05, 4.69) is 20.9 Å². The van der Waals surface area contributed by atoms with Gasteiger partial charge in [-0.05, 0) is 53.7 Å². The van der Waals surface area contributed by atoms with Gasteiger partial charge in [0.1, 0.15) is 11.1 Å². The van der Waals surface area contributed by atoms with Crippen molar-refractivity contribution in [2.45, 2.75) is 45.2 Å². The van der Waals surface area contributed by atoms with Crippen molar-refractivity contribution in [3.05, 3.63) is 28.5 Å². The monoisotopic (exact) mass is 354 g/mol. The number of carbonyl (C=O) groups is 2. The molecule has 1 aromatic heterocycles. The number of quaternary nitrogens is 1. The number of carbonyl (C=O) groups excluding carboxylic acids is 2. The number of nitrogens with two attached hydrogens (primary N) is 1. The number of amides is 2. The molecule has 114 valence electrons. The van der Waals surface area contributed by atoms with Gasteiger partial charge in [-0.3, -0.25) is 4.79 Å². The Morgan fingerprint density at radius 1 is 1.38 bits per heavy atom. The molecule has 1 saturated carbocycles. The maximum Gasteiger partial charge on any atom is 0.311 e. The molecule has 6 heteroatoms. The summed E-state index contributed by atoms with van der Waals surface area (Å²) in [6.45, 7) is 2.02. The molecule has 2 N–H and O–H groups in total. The highest BCUT2D eigenvalue weighted by molar-refractivity contribution is 9.10. The van der Waals surface area contributed by atoms with Crippen LogP contribution in [0.25, 0.3) is 0 Å². The zero-order valence-electron chi connectivity index (χ0n) is 12.2. The van der Waals surface area contributed by atoms with Crippen molar-refractivity contribution in [3.8, 4) is 0 Å². The van der Waals surface area contributed by atoms with Crippen LogP contribution >= 0.6 is 15.9 Å². The largest absolute Gasteiger partial charge is 0.365 e. The average Bonchev–Trinajstić information content (AvgIpc) is 2.91. The van der Waals surface area contributed by atoms with Crippen molar-refractivity contribution < 1.29 is 14.1 Å². The van der Waals surface area contributed by atoms with E-state index in [0.717, 1.165) is 36.0 Å². The van der Waals surface area contributed by atoms with Crippen molar-refractivity contribution in [1.29, 1.82) is 0 Å². The van der Waals surface area contributed by atoms with Gasteiger partial charge in [0.2, 0.25) is 0 Å². The molecule has 2 rings (SSSR count). The van der Waals surface area contributed by atoms with Crippen LogP contribution in [-0.2, 0) is 16.1 Å². The molecular weight excluding hydrogens is 334 g/mol. The first-order chi connectivity index (χ1) is 9.94. The summed E-state index contributed by atoms with van der Waals surface area (Å²) in [7, 11) is 0. The lowest BCUT2D eigenvalue weighted by Gasteiger charge is -2.39. The summed E-state index contributed by atoms with van der Waals surface area (Å²) >= 11 is 3.35. The zero-order chi connectivity index (χ0) is 15.5. The Balaban J connectivity index is 2.37. The summed E-state index contributed by atoms with van der Waals surface area (Å²) in [6, 6.07) is 5.78. The number of rotatable bonds is 5. The Labute approximate surface area is 133 Å². The first-order valence-electron chi connectivity index (χ1n) is 7.22. The van der Waals surface area contributed by atoms with E-state index in [0.29, 0.717) is 6.54 Å². The third-order valence-electron chi connectivity index (χ3n) is 4.31. The molecule has 0 spiro atoms. The zero-order valence-corrected chi connectivity index (χ0v) is 13.8. The van der Waals surface area contributed by atoms with Gasteiger partial charge in [0.15, 0.2) is 6.54 Å². The standard InChI is InChI=1S/C15H20BrN3O2/c1-11(20)19(10-15(17)21,13-6-2-3-7-13)9-12-5-4-8-14(16)18-12/h4-5,8,13H,2-3,6-7,9-10H2,1H3,(H-,17,21)/p+1. The van der Waals surface area contributed by atoms with Gasteiger partial charge < -0.3 is 5.73 Å². The van der Waals surface area contributed by atoms with Gasteiger partial charge in [-0.1, -0.05) is 6.07 Å². The highest BCUT2D eigenvalue weighted by Gasteiger charge is 2.44. The first kappa shape index (κ1) is 16.1. The second-order valence-electron chi connectivity index (χ2n) is 5.73. The lowest BCUT2D eigenvalue weighted by Crippen LogP contribution is -2.60. The van der Waals surface area contributed by atoms with E-state index in [1.807, 2.05) is 18.2 Å². The molecule has 1 fully saturated rings. The summed E-state index contributed by atoms with van der Waals surface area (Å²) in [5.74, 6) is -0.449. The van der Waals surface area contributed by atoms with Crippen LogP contribution in [0.2, 0.25) is 0 Å². The number of hydrogen-bond donors (Lipinski definition) is 1. The van der Waals surface area contributed by atoms with E-state index in [4.69, 9.17) is 5.73 Å². The van der Waals surface area contributed by atoms with Crippen molar-refractivity contribution in [3.63, 3.8) is 0 Å². The number of halogens is 1. The Bertz CT molecular complexity index is 543. The molecule has 1 atom stereocenters. The molecule has 0 aromatic carbocycles. The predicted octanol–water partition coefficient (Wildman–Crippen LogP) is 2.14. The number of primary amides is 1. The minimum atomic E-state index is -0.438. The van der Waals surface area contributed by atoms with Gasteiger partial charge in [-0.2, -0.15) is 0 Å². The first-order valence-corrected chi connectivity index (χ1v) is 8.01. The Morgan fingerprint density at radius 2 is 2.05 bits per heavy atom. The van der Waals surface area contributed by atoms with Crippen LogP contribution < -0.4 is 5.73 Å². The molecule has 0 aliphatic heterocycles. The van der Waals surface area contributed by atoms with Crippen LogP contribution in [-0.4, -0.2) is 33.9 Å². The maximum atomic E-state index is 12.4. The van der Waals surface area contributed by atoms with Gasteiger partial charge in [-0.25, -0.2) is 14.3 Å². The normalized spacial score (nSPS) is 18.4. The third-order valence-corrected chi connectivity index (χ3v) is 4.75. The molecule has 1 aliphatic carbocycles. The Kier molecular flexibility index (Phi) is 5.11. The van der Waals surface area contributed by atoms with Crippen LogP contribution in [0.5, 0.6) is 0 Å². The topological polar surface area (TPSA) is 73.1 Å². The lowest BCUT2D eigenvalue weighted by atomic mass is 10.1. The molecule has 0 radical (unpaired) electrons. The SMILES string of the molecule is CC(=O)[N+](CC(N)=O)(Cc1cccc(Br)n1)C1CCCC1. The van der Waals surface area contributed by atoms with E-state index in [-0.39, 0.29) is 23.0 Å². The fourth-order valence-corrected chi connectivity index (χ4v) is 3.68. The Hall–Kier alpha value is -1.27. The van der Waals surface area contributed by atoms with Crippen LogP contribution in [0.3, 0.4) is 0 Å². The van der Waals surface area contributed by atoms with Gasteiger partial charge >= 0.3 is 5.91 Å². The molecule has 5 nitrogen and oxygen atoms in total. The smallest absolute Gasteiger partial charge is 0.311 e. The van der Waals surface area contributed by atoms with Crippen molar-refractivity contribution in [2.24, 2.45) is 5.73 Å². The quantitative estimate of drug-likeness (QED) is 0.650. The van der Waals surface area contributed by atoms with Crippen LogP contribution in [0.1, 0.15) is 38.3 Å². The molecule has 0 saturated heterocycles. The number of aromatic nitrogens is 1. The fourth-order valence-electron chi connectivity index (χ4n) is 3.30. The van der Waals surface area contributed by atoms with Gasteiger partial charge in [0.05, 0.1) is 18.7 Å². The molecule has 0 bridgehead atoms. The minimum Gasteiger partial charge on any atom is -0.365 e. The van der Waals surface area contributed by atoms with Crippen molar-refractivity contribution in [2.75, 3.05) is 6.54 Å². The third kappa shape index (κ3) is 3.68. The predicted molar refractivity (Wildman–Crippen MR) is 82.9 cm³/mol. The van der Waals surface area contributed by atoms with Gasteiger partial charge in [-0.15, -0.1) is 0 Å². The number of hydrogen-bond acceptors (Lipinski definition) is 3. The highest BCUT2D eigenvalue weighted by atomic mass is 79.9. The lowest BCUT2D eigenvalue weighted by molar-refractivity contribution is -0.884. The van der Waals surface area contributed by atoms with E-state index in [1.54, 1.807) is 6.92 Å². The number of pyridine rings is 1. The van der Waals surface area contributed by atoms with Crippen molar-refractivity contribution >= 4 is 27.7 Å². The molecule has 2 amide bonds. The van der Waals surface area contributed by atoms with Gasteiger partial charge in [0.25, 0.3) is 5.91 Å². The summed E-state index contributed by atoms with van der Waals surface area (Å²) in [4.78, 5) is 28.4. The minimum absolute atomic E-state index is 0.0116. The van der Waals surface area contributed by atoms with Crippen LogP contribution in [0.15, 0.2) is 22.8 Å². The summed E-state index contributed by atoms with van der Waals surface area (Å²) in [5.41, 5.74) is 6.23. The summed E-state index contributed by atoms with van der Waals surface area (Å²) < 4.78 is 0.825. The molecule has 1 aromatic rings. The maximum absolute atomic E-state index is 12.4. The fraction of sp³-hybridized carbons (Fsp3) is 0.533. The van der Waals surface area contributed by atoms with Gasteiger partial charge in [0, 0.05) is 0 Å². The highest BCUT2D eigenvalue weighted by Crippen LogP contribution is 2.32. The Morgan fingerprint density at radius 3 is 2.57 bits per heavy atom. The van der Waals surface area contributed by atoms with E-state index in [9.17, 15) is 9.59 Å². The molecule has 21 heavy (non-hydrogen) atoms. The van der Waals surface area contributed by atoms with Crippen LogP contribution in [0, 0.1) is 0 Å². The molecule has 1 heterocycles. The molecule has 1 aliphatic rings. The molecular formula is C15H21BrN3O2+. The summed E-state index contributed by atoms with van der Waals surface area (Å²) in [6.07, 6.45) is 4.12. The average molecular weight is 355 g/mol. The molecule has 1 unspecified atom stereocenters. The van der Waals surface area contributed by atoms with E-state index in [1.165, 1.54) is 0 Å². The summed E-state index contributed by atoms with van der Waals surface area (Å²) in [5, 5.41) is 0. The number of nitrogens with zero attached hydrogens (tertiary/aromatic N) is 2. The van der Waals surface area contributed by atoms with Crippen LogP contribution in [0.4, 0.5) is 0 Å². The second kappa shape index (κ2) is 6.66. The van der Waals surface area contributed by atoms with E-state index >= 15 is 0 Å².